The Kier molecular flexibility index (Phi) is 2.67. The number of aromatic nitrogens is 4. The van der Waals surface area contributed by atoms with Crippen LogP contribution < -0.4 is 5.46 Å². The summed E-state index contributed by atoms with van der Waals surface area (Å²) in [4.78, 5) is 0. The van der Waals surface area contributed by atoms with E-state index in [0.717, 1.165) is 6.07 Å². The highest BCUT2D eigenvalue weighted by Crippen LogP contribution is 2.11. The zero-order valence-corrected chi connectivity index (χ0v) is 8.37. The third-order valence-corrected chi connectivity index (χ3v) is 2.12. The molecule has 0 amide bonds. The quantitative estimate of drug-likeness (QED) is 0.622. The summed E-state index contributed by atoms with van der Waals surface area (Å²) in [5.41, 5.74) is 0.235. The third-order valence-electron chi connectivity index (χ3n) is 2.12. The zero-order chi connectivity index (χ0) is 11.7. The molecule has 2 N–H and O–H groups in total. The predicted octanol–water partition coefficient (Wildman–Crippen LogP) is -1.21. The molecule has 8 heteroatoms. The maximum absolute atomic E-state index is 13.6. The first-order chi connectivity index (χ1) is 7.59. The van der Waals surface area contributed by atoms with Crippen molar-refractivity contribution < 1.29 is 14.4 Å². The second-order valence-corrected chi connectivity index (χ2v) is 3.22. The van der Waals surface area contributed by atoms with Gasteiger partial charge in [-0.1, -0.05) is 6.07 Å². The van der Waals surface area contributed by atoms with Crippen LogP contribution in [0.3, 0.4) is 0 Å². The van der Waals surface area contributed by atoms with Crippen molar-refractivity contribution in [3.63, 3.8) is 0 Å². The van der Waals surface area contributed by atoms with E-state index in [1.807, 2.05) is 0 Å². The molecule has 1 aromatic heterocycles. The van der Waals surface area contributed by atoms with Gasteiger partial charge >= 0.3 is 7.12 Å². The van der Waals surface area contributed by atoms with Gasteiger partial charge in [0.15, 0.2) is 5.82 Å². The van der Waals surface area contributed by atoms with Crippen molar-refractivity contribution in [3.8, 4) is 5.69 Å². The van der Waals surface area contributed by atoms with Gasteiger partial charge < -0.3 is 10.0 Å². The summed E-state index contributed by atoms with van der Waals surface area (Å²) >= 11 is 0. The molecule has 0 saturated heterocycles. The molecule has 2 aromatic rings. The van der Waals surface area contributed by atoms with Crippen molar-refractivity contribution in [3.05, 3.63) is 29.8 Å². The summed E-state index contributed by atoms with van der Waals surface area (Å²) in [5.74, 6) is -0.183. The van der Waals surface area contributed by atoms with Gasteiger partial charge in [-0.25, -0.2) is 4.39 Å². The van der Waals surface area contributed by atoms with E-state index < -0.39 is 12.9 Å². The van der Waals surface area contributed by atoms with Crippen LogP contribution in [0.2, 0.25) is 0 Å². The Morgan fingerprint density at radius 2 is 2.12 bits per heavy atom. The number of halogens is 1. The predicted molar refractivity (Wildman–Crippen MR) is 53.7 cm³/mol. The van der Waals surface area contributed by atoms with Crippen molar-refractivity contribution in [2.45, 2.75) is 6.92 Å². The first-order valence-corrected chi connectivity index (χ1v) is 4.50. The van der Waals surface area contributed by atoms with Gasteiger partial charge in [-0.2, -0.15) is 4.68 Å². The molecule has 0 aliphatic rings. The summed E-state index contributed by atoms with van der Waals surface area (Å²) in [6.07, 6.45) is 0. The molecule has 6 nitrogen and oxygen atoms in total. The van der Waals surface area contributed by atoms with E-state index in [0.29, 0.717) is 5.82 Å². The number of rotatable bonds is 2. The standard InChI is InChI=1S/C8H8BFN4O2/c1-5-11-12-13-14(5)8-3-2-6(9(15)16)4-7(8)10/h2-4,15-16H,1H3. The SMILES string of the molecule is Cc1nnnn1-c1ccc(B(O)O)cc1F. The summed E-state index contributed by atoms with van der Waals surface area (Å²) < 4.78 is 14.8. The minimum absolute atomic E-state index is 0.0759. The fraction of sp³-hybridized carbons (Fsp3) is 0.125. The van der Waals surface area contributed by atoms with Crippen LogP contribution in [0.15, 0.2) is 18.2 Å². The first-order valence-electron chi connectivity index (χ1n) is 4.50. The lowest BCUT2D eigenvalue weighted by Gasteiger charge is -2.05. The molecule has 82 valence electrons. The second kappa shape index (κ2) is 3.99. The van der Waals surface area contributed by atoms with E-state index >= 15 is 0 Å². The highest BCUT2D eigenvalue weighted by atomic mass is 19.1. The van der Waals surface area contributed by atoms with Crippen molar-refractivity contribution in [1.82, 2.24) is 20.2 Å². The number of hydrogen-bond acceptors (Lipinski definition) is 5. The van der Waals surface area contributed by atoms with Crippen molar-refractivity contribution in [2.75, 3.05) is 0 Å². The van der Waals surface area contributed by atoms with Crippen LogP contribution in [-0.2, 0) is 0 Å². The van der Waals surface area contributed by atoms with E-state index in [2.05, 4.69) is 15.5 Å². The molecule has 0 saturated carbocycles. The number of aryl methyl sites for hydroxylation is 1. The van der Waals surface area contributed by atoms with Crippen molar-refractivity contribution in [2.24, 2.45) is 0 Å². The molecule has 0 bridgehead atoms. The lowest BCUT2D eigenvalue weighted by Crippen LogP contribution is -2.30. The van der Waals surface area contributed by atoms with Crippen LogP contribution in [0, 0.1) is 12.7 Å². The van der Waals surface area contributed by atoms with E-state index in [1.165, 1.54) is 16.8 Å². The molecule has 1 aromatic carbocycles. The highest BCUT2D eigenvalue weighted by Gasteiger charge is 2.15. The van der Waals surface area contributed by atoms with Crippen LogP contribution >= 0.6 is 0 Å². The van der Waals surface area contributed by atoms with Crippen LogP contribution in [0.1, 0.15) is 5.82 Å². The largest absolute Gasteiger partial charge is 0.488 e. The maximum atomic E-state index is 13.6. The summed E-state index contributed by atoms with van der Waals surface area (Å²) in [6, 6.07) is 3.80. The van der Waals surface area contributed by atoms with Gasteiger partial charge in [0, 0.05) is 0 Å². The monoisotopic (exact) mass is 222 g/mol. The molecule has 0 aliphatic carbocycles. The summed E-state index contributed by atoms with van der Waals surface area (Å²) in [7, 11) is -1.70. The third kappa shape index (κ3) is 1.80. The van der Waals surface area contributed by atoms with E-state index in [4.69, 9.17) is 10.0 Å². The first kappa shape index (κ1) is 10.7. The molecular weight excluding hydrogens is 214 g/mol. The smallest absolute Gasteiger partial charge is 0.423 e. The Morgan fingerprint density at radius 3 is 2.62 bits per heavy atom. The minimum atomic E-state index is -1.70. The van der Waals surface area contributed by atoms with E-state index in [-0.39, 0.29) is 11.2 Å². The van der Waals surface area contributed by atoms with Gasteiger partial charge in [-0.05, 0) is 34.9 Å². The Labute approximate surface area is 90.5 Å². The molecule has 0 aliphatic heterocycles. The molecule has 2 rings (SSSR count). The fourth-order valence-corrected chi connectivity index (χ4v) is 1.31. The maximum Gasteiger partial charge on any atom is 0.488 e. The van der Waals surface area contributed by atoms with Crippen LogP contribution in [-0.4, -0.2) is 37.4 Å². The molecule has 16 heavy (non-hydrogen) atoms. The van der Waals surface area contributed by atoms with E-state index in [1.54, 1.807) is 6.92 Å². The average molecular weight is 222 g/mol. The Morgan fingerprint density at radius 1 is 1.38 bits per heavy atom. The zero-order valence-electron chi connectivity index (χ0n) is 8.37. The molecule has 0 atom stereocenters. The molecule has 0 unspecified atom stereocenters. The number of hydrogen-bond donors (Lipinski definition) is 2. The molecule has 1 heterocycles. The highest BCUT2D eigenvalue weighted by molar-refractivity contribution is 6.58. The topological polar surface area (TPSA) is 84.1 Å². The van der Waals surface area contributed by atoms with Gasteiger partial charge in [-0.15, -0.1) is 5.10 Å². The van der Waals surface area contributed by atoms with Crippen molar-refractivity contribution in [1.29, 1.82) is 0 Å². The van der Waals surface area contributed by atoms with Gasteiger partial charge in [0.25, 0.3) is 0 Å². The average Bonchev–Trinajstić information content (AvgIpc) is 2.64. The van der Waals surface area contributed by atoms with E-state index in [9.17, 15) is 4.39 Å². The molecular formula is C8H8BFN4O2. The Balaban J connectivity index is 2.48. The second-order valence-electron chi connectivity index (χ2n) is 3.22. The van der Waals surface area contributed by atoms with Crippen LogP contribution in [0.4, 0.5) is 4.39 Å². The van der Waals surface area contributed by atoms with Gasteiger partial charge in [0.1, 0.15) is 11.5 Å². The summed E-state index contributed by atoms with van der Waals surface area (Å²) in [6.45, 7) is 1.63. The Hall–Kier alpha value is -1.80. The van der Waals surface area contributed by atoms with Gasteiger partial charge in [0.05, 0.1) is 0 Å². The molecule has 0 radical (unpaired) electrons. The molecule has 0 fully saturated rings. The van der Waals surface area contributed by atoms with Gasteiger partial charge in [0.2, 0.25) is 0 Å². The lowest BCUT2D eigenvalue weighted by atomic mass is 9.80. The number of benzene rings is 1. The van der Waals surface area contributed by atoms with Crippen molar-refractivity contribution >= 4 is 12.6 Å². The summed E-state index contributed by atoms with van der Waals surface area (Å²) in [5, 5.41) is 28.4. The van der Waals surface area contributed by atoms with Gasteiger partial charge in [-0.3, -0.25) is 0 Å². The lowest BCUT2D eigenvalue weighted by molar-refractivity contribution is 0.425. The van der Waals surface area contributed by atoms with Crippen LogP contribution in [0.5, 0.6) is 0 Å². The van der Waals surface area contributed by atoms with Crippen LogP contribution in [0.25, 0.3) is 5.69 Å². The fourth-order valence-electron chi connectivity index (χ4n) is 1.31. The number of nitrogens with zero attached hydrogens (tertiary/aromatic N) is 4. The molecule has 0 spiro atoms. The number of tetrazole rings is 1. The minimum Gasteiger partial charge on any atom is -0.423 e. The Bertz CT molecular complexity index is 516. The normalized spacial score (nSPS) is 10.5.